The Balaban J connectivity index is 1.82. The van der Waals surface area contributed by atoms with Crippen LogP contribution >= 0.6 is 11.3 Å². The SMILES string of the molecule is Cc1sc(CNC(=O)C[C@@H]2CCC[C@H]2N)nc1C(C)C. The van der Waals surface area contributed by atoms with Gasteiger partial charge in [-0.2, -0.15) is 0 Å². The second kappa shape index (κ2) is 6.68. The first-order chi connectivity index (χ1) is 9.47. The fraction of sp³-hybridized carbons (Fsp3) is 0.733. The molecule has 2 rings (SSSR count). The molecule has 1 saturated carbocycles. The number of carbonyl (C=O) groups excluding carboxylic acids is 1. The van der Waals surface area contributed by atoms with Crippen LogP contribution in [0.1, 0.15) is 61.0 Å². The molecule has 0 radical (unpaired) electrons. The summed E-state index contributed by atoms with van der Waals surface area (Å²) < 4.78 is 0. The van der Waals surface area contributed by atoms with E-state index in [1.54, 1.807) is 11.3 Å². The standard InChI is InChI=1S/C15H25N3OS/c1-9(2)15-10(3)20-14(18-15)8-17-13(19)7-11-5-4-6-12(11)16/h9,11-12H,4-8,16H2,1-3H3,(H,17,19)/t11-,12+/m0/s1. The average Bonchev–Trinajstić information content (AvgIpc) is 2.94. The van der Waals surface area contributed by atoms with E-state index in [9.17, 15) is 4.79 Å². The first-order valence-corrected chi connectivity index (χ1v) is 8.27. The van der Waals surface area contributed by atoms with Crippen molar-refractivity contribution in [2.45, 2.75) is 65.0 Å². The summed E-state index contributed by atoms with van der Waals surface area (Å²) in [5, 5.41) is 3.97. The molecule has 3 N–H and O–H groups in total. The Morgan fingerprint density at radius 2 is 2.25 bits per heavy atom. The molecule has 1 heterocycles. The first-order valence-electron chi connectivity index (χ1n) is 7.46. The second-order valence-electron chi connectivity index (χ2n) is 6.04. The van der Waals surface area contributed by atoms with Gasteiger partial charge in [-0.25, -0.2) is 4.98 Å². The normalized spacial score (nSPS) is 22.4. The second-order valence-corrected chi connectivity index (χ2v) is 7.33. The van der Waals surface area contributed by atoms with Gasteiger partial charge in [0, 0.05) is 17.3 Å². The van der Waals surface area contributed by atoms with Crippen molar-refractivity contribution in [2.24, 2.45) is 11.7 Å². The zero-order valence-corrected chi connectivity index (χ0v) is 13.4. The highest BCUT2D eigenvalue weighted by atomic mass is 32.1. The smallest absolute Gasteiger partial charge is 0.220 e. The van der Waals surface area contributed by atoms with Crippen LogP contribution in [0, 0.1) is 12.8 Å². The molecule has 1 fully saturated rings. The van der Waals surface area contributed by atoms with Crippen molar-refractivity contribution in [1.82, 2.24) is 10.3 Å². The molecule has 0 saturated heterocycles. The van der Waals surface area contributed by atoms with E-state index in [-0.39, 0.29) is 11.9 Å². The maximum atomic E-state index is 12.0. The number of carbonyl (C=O) groups is 1. The molecule has 112 valence electrons. The fourth-order valence-electron chi connectivity index (χ4n) is 2.88. The Labute approximate surface area is 125 Å². The van der Waals surface area contributed by atoms with Gasteiger partial charge in [-0.05, 0) is 31.6 Å². The van der Waals surface area contributed by atoms with Crippen LogP contribution < -0.4 is 11.1 Å². The number of nitrogens with zero attached hydrogens (tertiary/aromatic N) is 1. The quantitative estimate of drug-likeness (QED) is 0.877. The molecule has 0 spiro atoms. The number of aromatic nitrogens is 1. The van der Waals surface area contributed by atoms with E-state index >= 15 is 0 Å². The molecule has 0 aromatic carbocycles. The zero-order chi connectivity index (χ0) is 14.7. The van der Waals surface area contributed by atoms with Gasteiger partial charge < -0.3 is 11.1 Å². The summed E-state index contributed by atoms with van der Waals surface area (Å²) in [7, 11) is 0. The van der Waals surface area contributed by atoms with Gasteiger partial charge in [-0.1, -0.05) is 20.3 Å². The lowest BCUT2D eigenvalue weighted by Crippen LogP contribution is -2.31. The van der Waals surface area contributed by atoms with Gasteiger partial charge in [0.25, 0.3) is 0 Å². The van der Waals surface area contributed by atoms with Gasteiger partial charge in [0.1, 0.15) is 5.01 Å². The molecule has 0 bridgehead atoms. The number of aryl methyl sites for hydroxylation is 1. The lowest BCUT2D eigenvalue weighted by Gasteiger charge is -2.14. The Bertz CT molecular complexity index is 470. The van der Waals surface area contributed by atoms with Crippen LogP contribution in [0.15, 0.2) is 0 Å². The molecular weight excluding hydrogens is 270 g/mol. The molecule has 0 unspecified atom stereocenters. The molecule has 1 amide bonds. The van der Waals surface area contributed by atoms with E-state index in [2.05, 4.69) is 31.1 Å². The average molecular weight is 295 g/mol. The molecule has 0 aliphatic heterocycles. The molecule has 2 atom stereocenters. The van der Waals surface area contributed by atoms with Gasteiger partial charge in [-0.3, -0.25) is 4.79 Å². The topological polar surface area (TPSA) is 68.0 Å². The monoisotopic (exact) mass is 295 g/mol. The minimum Gasteiger partial charge on any atom is -0.350 e. The number of amides is 1. The Hall–Kier alpha value is -0.940. The van der Waals surface area contributed by atoms with Crippen LogP contribution in [0.2, 0.25) is 0 Å². The minimum absolute atomic E-state index is 0.103. The molecule has 20 heavy (non-hydrogen) atoms. The first kappa shape index (κ1) is 15.4. The Kier molecular flexibility index (Phi) is 5.16. The maximum Gasteiger partial charge on any atom is 0.220 e. The summed E-state index contributed by atoms with van der Waals surface area (Å²) in [6.45, 7) is 6.92. The third-order valence-electron chi connectivity index (χ3n) is 4.03. The molecular formula is C15H25N3OS. The summed E-state index contributed by atoms with van der Waals surface area (Å²) in [6, 6.07) is 0.204. The summed E-state index contributed by atoms with van der Waals surface area (Å²) in [4.78, 5) is 17.8. The molecule has 1 aliphatic rings. The maximum absolute atomic E-state index is 12.0. The number of rotatable bonds is 5. The third kappa shape index (κ3) is 3.79. The summed E-state index contributed by atoms with van der Waals surface area (Å²) >= 11 is 1.68. The van der Waals surface area contributed by atoms with Crippen LogP contribution in [0.25, 0.3) is 0 Å². The molecule has 1 aromatic rings. The van der Waals surface area contributed by atoms with E-state index in [1.807, 2.05) is 0 Å². The number of thiazole rings is 1. The van der Waals surface area contributed by atoms with Crippen LogP contribution in [0.4, 0.5) is 0 Å². The van der Waals surface area contributed by atoms with Crippen LogP contribution in [0.5, 0.6) is 0 Å². The van der Waals surface area contributed by atoms with Crippen molar-refractivity contribution in [3.8, 4) is 0 Å². The number of hydrogen-bond acceptors (Lipinski definition) is 4. The van der Waals surface area contributed by atoms with Gasteiger partial charge in [-0.15, -0.1) is 11.3 Å². The van der Waals surface area contributed by atoms with Crippen molar-refractivity contribution < 1.29 is 4.79 Å². The van der Waals surface area contributed by atoms with Gasteiger partial charge in [0.05, 0.1) is 12.2 Å². The van der Waals surface area contributed by atoms with Crippen LogP contribution in [-0.2, 0) is 11.3 Å². The van der Waals surface area contributed by atoms with Crippen molar-refractivity contribution in [2.75, 3.05) is 0 Å². The van der Waals surface area contributed by atoms with Crippen LogP contribution in [0.3, 0.4) is 0 Å². The lowest BCUT2D eigenvalue weighted by atomic mass is 10.00. The third-order valence-corrected chi connectivity index (χ3v) is 5.01. The zero-order valence-electron chi connectivity index (χ0n) is 12.6. The van der Waals surface area contributed by atoms with Crippen molar-refractivity contribution in [3.05, 3.63) is 15.6 Å². The van der Waals surface area contributed by atoms with Gasteiger partial charge in [0.15, 0.2) is 0 Å². The fourth-order valence-corrected chi connectivity index (χ4v) is 3.91. The predicted molar refractivity (Wildman–Crippen MR) is 82.7 cm³/mol. The van der Waals surface area contributed by atoms with Crippen LogP contribution in [-0.4, -0.2) is 16.9 Å². The highest BCUT2D eigenvalue weighted by Gasteiger charge is 2.26. The molecule has 1 aliphatic carbocycles. The van der Waals surface area contributed by atoms with E-state index in [0.717, 1.165) is 30.0 Å². The molecule has 4 nitrogen and oxygen atoms in total. The highest BCUT2D eigenvalue weighted by molar-refractivity contribution is 7.11. The van der Waals surface area contributed by atoms with E-state index in [0.29, 0.717) is 24.8 Å². The predicted octanol–water partition coefficient (Wildman–Crippen LogP) is 2.71. The number of hydrogen-bond donors (Lipinski definition) is 2. The Morgan fingerprint density at radius 1 is 1.50 bits per heavy atom. The number of nitrogens with one attached hydrogen (secondary N) is 1. The van der Waals surface area contributed by atoms with E-state index in [4.69, 9.17) is 5.73 Å². The van der Waals surface area contributed by atoms with E-state index in [1.165, 1.54) is 4.88 Å². The van der Waals surface area contributed by atoms with Gasteiger partial charge >= 0.3 is 0 Å². The Morgan fingerprint density at radius 3 is 2.80 bits per heavy atom. The van der Waals surface area contributed by atoms with Crippen molar-refractivity contribution in [1.29, 1.82) is 0 Å². The van der Waals surface area contributed by atoms with Crippen molar-refractivity contribution >= 4 is 17.2 Å². The highest BCUT2D eigenvalue weighted by Crippen LogP contribution is 2.27. The van der Waals surface area contributed by atoms with Crippen molar-refractivity contribution in [3.63, 3.8) is 0 Å². The number of nitrogens with two attached hydrogens (primary N) is 1. The molecule has 1 aromatic heterocycles. The molecule has 5 heteroatoms. The summed E-state index contributed by atoms with van der Waals surface area (Å²) in [6.07, 6.45) is 3.86. The summed E-state index contributed by atoms with van der Waals surface area (Å²) in [5.74, 6) is 0.901. The van der Waals surface area contributed by atoms with Gasteiger partial charge in [0.2, 0.25) is 5.91 Å². The minimum atomic E-state index is 0.103. The van der Waals surface area contributed by atoms with E-state index < -0.39 is 0 Å². The largest absolute Gasteiger partial charge is 0.350 e. The summed E-state index contributed by atoms with van der Waals surface area (Å²) in [5.41, 5.74) is 7.15. The lowest BCUT2D eigenvalue weighted by molar-refractivity contribution is -0.122.